The van der Waals surface area contributed by atoms with Gasteiger partial charge in [0.25, 0.3) is 0 Å². The van der Waals surface area contributed by atoms with Crippen LogP contribution in [0.15, 0.2) is 83.7 Å². The third-order valence-corrected chi connectivity index (χ3v) is 7.80. The summed E-state index contributed by atoms with van der Waals surface area (Å²) in [6.45, 7) is 6.13. The molecular weight excluding hydrogens is 592 g/mol. The average Bonchev–Trinajstić information content (AvgIpc) is 3.02. The summed E-state index contributed by atoms with van der Waals surface area (Å²) in [6.07, 6.45) is 13.5. The molecule has 1 aliphatic heterocycles. The van der Waals surface area contributed by atoms with Gasteiger partial charge in [0, 0.05) is 52.6 Å². The second-order valence-electron chi connectivity index (χ2n) is 10.3. The number of ether oxygens (including phenoxy) is 1. The first-order valence-electron chi connectivity index (χ1n) is 14.3. The number of amides is 1. The minimum Gasteiger partial charge on any atom is -0.494 e. The van der Waals surface area contributed by atoms with Gasteiger partial charge in [0.05, 0.1) is 12.3 Å². The Morgan fingerprint density at radius 3 is 2.79 bits per heavy atom. The van der Waals surface area contributed by atoms with E-state index in [1.165, 1.54) is 38.4 Å². The third-order valence-electron chi connectivity index (χ3n) is 7.08. The molecule has 0 bridgehead atoms. The van der Waals surface area contributed by atoms with Crippen molar-refractivity contribution in [2.24, 2.45) is 0 Å². The summed E-state index contributed by atoms with van der Waals surface area (Å²) < 4.78 is 6.89. The number of aryl methyl sites for hydroxylation is 1. The van der Waals surface area contributed by atoms with Crippen LogP contribution in [-0.2, 0) is 4.79 Å². The molecular formula is C33H35BrN6O2. The van der Waals surface area contributed by atoms with Gasteiger partial charge >= 0.3 is 0 Å². The minimum atomic E-state index is -0.237. The Kier molecular flexibility index (Phi) is 10.3. The standard InChI is InChI=1S/C33H35BrN6O2/c1-24-8-10-27(22-31(24)39-33-36-16-14-30(38-33)26-7-5-15-35-23-26)37-32(41)13-9-25-21-28(11-12-29(25)34)42-20-6-19-40-17-3-2-4-18-40/h5,7-16,21-23H,2-4,6,17-20H2,1H3,(H,37,41)(H,36,38,39)/b13-9+. The third kappa shape index (κ3) is 8.47. The largest absolute Gasteiger partial charge is 0.494 e. The van der Waals surface area contributed by atoms with E-state index in [0.29, 0.717) is 18.2 Å². The zero-order valence-corrected chi connectivity index (χ0v) is 25.3. The fourth-order valence-electron chi connectivity index (χ4n) is 4.80. The molecule has 2 aromatic carbocycles. The number of nitrogens with zero attached hydrogens (tertiary/aromatic N) is 4. The minimum absolute atomic E-state index is 0.237. The Morgan fingerprint density at radius 2 is 1.95 bits per heavy atom. The number of anilines is 3. The second-order valence-corrected chi connectivity index (χ2v) is 11.1. The molecule has 216 valence electrons. The normalized spacial score (nSPS) is 13.7. The number of likely N-dealkylation sites (tertiary alicyclic amines) is 1. The fourth-order valence-corrected chi connectivity index (χ4v) is 5.18. The van der Waals surface area contributed by atoms with E-state index in [4.69, 9.17) is 4.74 Å². The highest BCUT2D eigenvalue weighted by atomic mass is 79.9. The van der Waals surface area contributed by atoms with Crippen LogP contribution < -0.4 is 15.4 Å². The number of piperidine rings is 1. The van der Waals surface area contributed by atoms with Crippen LogP contribution in [-0.4, -0.2) is 52.0 Å². The van der Waals surface area contributed by atoms with Gasteiger partial charge in [0.1, 0.15) is 5.75 Å². The van der Waals surface area contributed by atoms with Gasteiger partial charge in [-0.15, -0.1) is 0 Å². The molecule has 0 aliphatic carbocycles. The lowest BCUT2D eigenvalue weighted by molar-refractivity contribution is -0.111. The molecule has 2 aromatic heterocycles. The molecule has 1 amide bonds. The monoisotopic (exact) mass is 626 g/mol. The molecule has 8 nitrogen and oxygen atoms in total. The molecule has 0 saturated carbocycles. The molecule has 1 saturated heterocycles. The van der Waals surface area contributed by atoms with Crippen LogP contribution in [0.5, 0.6) is 5.75 Å². The molecule has 2 N–H and O–H groups in total. The van der Waals surface area contributed by atoms with Gasteiger partial charge in [-0.05, 0) is 105 Å². The zero-order valence-electron chi connectivity index (χ0n) is 23.7. The van der Waals surface area contributed by atoms with Gasteiger partial charge in [-0.25, -0.2) is 9.97 Å². The van der Waals surface area contributed by atoms with Crippen LogP contribution in [0.3, 0.4) is 0 Å². The predicted octanol–water partition coefficient (Wildman–Crippen LogP) is 7.26. The molecule has 42 heavy (non-hydrogen) atoms. The summed E-state index contributed by atoms with van der Waals surface area (Å²) in [6, 6.07) is 17.2. The molecule has 1 fully saturated rings. The lowest BCUT2D eigenvalue weighted by Crippen LogP contribution is -2.31. The zero-order chi connectivity index (χ0) is 29.1. The van der Waals surface area contributed by atoms with Crippen molar-refractivity contribution in [3.8, 4) is 17.0 Å². The van der Waals surface area contributed by atoms with E-state index in [1.54, 1.807) is 24.7 Å². The van der Waals surface area contributed by atoms with Crippen molar-refractivity contribution in [3.05, 3.63) is 94.9 Å². The summed E-state index contributed by atoms with van der Waals surface area (Å²) >= 11 is 3.58. The first-order valence-corrected chi connectivity index (χ1v) is 15.1. The van der Waals surface area contributed by atoms with Crippen LogP contribution >= 0.6 is 15.9 Å². The van der Waals surface area contributed by atoms with Crippen LogP contribution in [0.2, 0.25) is 0 Å². The summed E-state index contributed by atoms with van der Waals surface area (Å²) in [5.41, 5.74) is 5.00. The predicted molar refractivity (Wildman–Crippen MR) is 172 cm³/mol. The van der Waals surface area contributed by atoms with Crippen LogP contribution in [0, 0.1) is 6.92 Å². The Labute approximate surface area is 255 Å². The van der Waals surface area contributed by atoms with Crippen molar-refractivity contribution in [2.45, 2.75) is 32.6 Å². The Balaban J connectivity index is 1.17. The summed E-state index contributed by atoms with van der Waals surface area (Å²) in [7, 11) is 0. The fraction of sp³-hybridized carbons (Fsp3) is 0.273. The number of hydrogen-bond donors (Lipinski definition) is 2. The van der Waals surface area contributed by atoms with Gasteiger partial charge < -0.3 is 20.3 Å². The molecule has 5 rings (SSSR count). The Morgan fingerprint density at radius 1 is 1.07 bits per heavy atom. The summed E-state index contributed by atoms with van der Waals surface area (Å²) in [5, 5.41) is 6.22. The van der Waals surface area contributed by atoms with E-state index in [0.717, 1.165) is 51.3 Å². The van der Waals surface area contributed by atoms with Crippen molar-refractivity contribution >= 4 is 45.2 Å². The highest BCUT2D eigenvalue weighted by Crippen LogP contribution is 2.26. The average molecular weight is 628 g/mol. The second kappa shape index (κ2) is 14.7. The van der Waals surface area contributed by atoms with Crippen molar-refractivity contribution in [3.63, 3.8) is 0 Å². The number of pyridine rings is 1. The smallest absolute Gasteiger partial charge is 0.248 e. The lowest BCUT2D eigenvalue weighted by Gasteiger charge is -2.26. The molecule has 0 unspecified atom stereocenters. The molecule has 0 radical (unpaired) electrons. The lowest BCUT2D eigenvalue weighted by atomic mass is 10.1. The highest BCUT2D eigenvalue weighted by molar-refractivity contribution is 9.10. The van der Waals surface area contributed by atoms with Gasteiger partial charge in [0.15, 0.2) is 0 Å². The summed E-state index contributed by atoms with van der Waals surface area (Å²) in [5.74, 6) is 1.02. The Bertz CT molecular complexity index is 1520. The van der Waals surface area contributed by atoms with E-state index in [-0.39, 0.29) is 5.91 Å². The number of hydrogen-bond acceptors (Lipinski definition) is 7. The van der Waals surface area contributed by atoms with E-state index in [2.05, 4.69) is 46.4 Å². The van der Waals surface area contributed by atoms with Crippen LogP contribution in [0.4, 0.5) is 17.3 Å². The van der Waals surface area contributed by atoms with Gasteiger partial charge in [0.2, 0.25) is 11.9 Å². The van der Waals surface area contributed by atoms with Gasteiger partial charge in [-0.3, -0.25) is 9.78 Å². The van der Waals surface area contributed by atoms with E-state index in [1.807, 2.05) is 61.5 Å². The number of halogens is 1. The van der Waals surface area contributed by atoms with E-state index >= 15 is 0 Å². The van der Waals surface area contributed by atoms with Gasteiger partial charge in [-0.1, -0.05) is 28.4 Å². The number of rotatable bonds is 11. The molecule has 3 heterocycles. The maximum Gasteiger partial charge on any atom is 0.248 e. The van der Waals surface area contributed by atoms with Crippen molar-refractivity contribution in [2.75, 3.05) is 36.9 Å². The van der Waals surface area contributed by atoms with Crippen molar-refractivity contribution < 1.29 is 9.53 Å². The maximum absolute atomic E-state index is 12.8. The number of carbonyl (C=O) groups is 1. The van der Waals surface area contributed by atoms with Gasteiger partial charge in [-0.2, -0.15) is 0 Å². The SMILES string of the molecule is Cc1ccc(NC(=O)/C=C/c2cc(OCCCN3CCCCC3)ccc2Br)cc1Nc1nccc(-c2cccnc2)n1. The molecule has 4 aromatic rings. The van der Waals surface area contributed by atoms with Crippen LogP contribution in [0.25, 0.3) is 17.3 Å². The first-order chi connectivity index (χ1) is 20.5. The summed E-state index contributed by atoms with van der Waals surface area (Å²) in [4.78, 5) is 28.5. The number of benzene rings is 2. The van der Waals surface area contributed by atoms with Crippen molar-refractivity contribution in [1.29, 1.82) is 0 Å². The number of nitrogens with one attached hydrogen (secondary N) is 2. The Hall–Kier alpha value is -4.08. The quantitative estimate of drug-likeness (QED) is 0.134. The van der Waals surface area contributed by atoms with E-state index < -0.39 is 0 Å². The van der Waals surface area contributed by atoms with Crippen LogP contribution in [0.1, 0.15) is 36.8 Å². The molecule has 9 heteroatoms. The first kappa shape index (κ1) is 29.4. The molecule has 1 aliphatic rings. The highest BCUT2D eigenvalue weighted by Gasteiger charge is 2.10. The van der Waals surface area contributed by atoms with Crippen molar-refractivity contribution in [1.82, 2.24) is 19.9 Å². The van der Waals surface area contributed by atoms with E-state index in [9.17, 15) is 4.79 Å². The molecule has 0 spiro atoms. The maximum atomic E-state index is 12.8. The number of carbonyl (C=O) groups excluding carboxylic acids is 1. The topological polar surface area (TPSA) is 92.3 Å². The number of aromatic nitrogens is 3. The molecule has 0 atom stereocenters.